The molecule has 0 spiro atoms. The lowest BCUT2D eigenvalue weighted by Gasteiger charge is -2.09. The van der Waals surface area contributed by atoms with Gasteiger partial charge in [-0.25, -0.2) is 0 Å². The zero-order chi connectivity index (χ0) is 12.3. The van der Waals surface area contributed by atoms with Crippen LogP contribution in [0.1, 0.15) is 12.8 Å². The smallest absolute Gasteiger partial charge is 0.269 e. The Kier molecular flexibility index (Phi) is 3.34. The number of hydrogen-bond acceptors (Lipinski definition) is 4. The number of carbonyl (C=O) groups is 1. The number of nitrogens with one attached hydrogen (secondary N) is 1. The molecule has 0 unspecified atom stereocenters. The summed E-state index contributed by atoms with van der Waals surface area (Å²) in [5, 5.41) is 13.1. The SMILES string of the molecule is O=C(Nc1ccc([N+](=O)[O-])cc1)[C@@H]1CCCO1. The molecule has 1 fully saturated rings. The molecule has 1 aromatic carbocycles. The van der Waals surface area contributed by atoms with Gasteiger partial charge in [-0.15, -0.1) is 0 Å². The fraction of sp³-hybridized carbons (Fsp3) is 0.364. The summed E-state index contributed by atoms with van der Waals surface area (Å²) < 4.78 is 5.23. The Morgan fingerprint density at radius 2 is 2.12 bits per heavy atom. The van der Waals surface area contributed by atoms with Gasteiger partial charge in [-0.1, -0.05) is 0 Å². The second-order valence-corrected chi connectivity index (χ2v) is 3.79. The molecule has 6 nitrogen and oxygen atoms in total. The minimum Gasteiger partial charge on any atom is -0.368 e. The standard InChI is InChI=1S/C11H12N2O4/c14-11(10-2-1-7-17-10)12-8-3-5-9(6-4-8)13(15)16/h3-6,10H,1-2,7H2,(H,12,14)/t10-/m0/s1. The molecular weight excluding hydrogens is 224 g/mol. The quantitative estimate of drug-likeness (QED) is 0.639. The molecule has 0 aliphatic carbocycles. The summed E-state index contributed by atoms with van der Waals surface area (Å²) in [5.74, 6) is -0.198. The molecule has 1 aliphatic rings. The molecule has 0 bridgehead atoms. The van der Waals surface area contributed by atoms with Crippen molar-refractivity contribution in [3.63, 3.8) is 0 Å². The van der Waals surface area contributed by atoms with Crippen molar-refractivity contribution in [2.24, 2.45) is 0 Å². The van der Waals surface area contributed by atoms with E-state index < -0.39 is 11.0 Å². The molecule has 17 heavy (non-hydrogen) atoms. The number of benzene rings is 1. The van der Waals surface area contributed by atoms with Crippen molar-refractivity contribution in [2.45, 2.75) is 18.9 Å². The molecule has 0 saturated carbocycles. The number of amides is 1. The van der Waals surface area contributed by atoms with Gasteiger partial charge in [-0.3, -0.25) is 14.9 Å². The Bertz CT molecular complexity index is 424. The molecule has 1 heterocycles. The van der Waals surface area contributed by atoms with Gasteiger partial charge in [0.1, 0.15) is 6.10 Å². The van der Waals surface area contributed by atoms with Gasteiger partial charge >= 0.3 is 0 Å². The van der Waals surface area contributed by atoms with Crippen molar-refractivity contribution in [1.82, 2.24) is 0 Å². The van der Waals surface area contributed by atoms with Gasteiger partial charge in [0.25, 0.3) is 11.6 Å². The molecule has 1 amide bonds. The summed E-state index contributed by atoms with van der Waals surface area (Å²) in [6, 6.07) is 5.71. The maximum atomic E-state index is 11.7. The van der Waals surface area contributed by atoms with E-state index in [9.17, 15) is 14.9 Å². The van der Waals surface area contributed by atoms with E-state index in [1.54, 1.807) is 0 Å². The lowest BCUT2D eigenvalue weighted by molar-refractivity contribution is -0.384. The second-order valence-electron chi connectivity index (χ2n) is 3.79. The van der Waals surface area contributed by atoms with E-state index in [0.717, 1.165) is 12.8 Å². The van der Waals surface area contributed by atoms with E-state index in [1.807, 2.05) is 0 Å². The van der Waals surface area contributed by atoms with Crippen molar-refractivity contribution in [1.29, 1.82) is 0 Å². The van der Waals surface area contributed by atoms with Gasteiger partial charge in [-0.2, -0.15) is 0 Å². The molecule has 1 N–H and O–H groups in total. The van der Waals surface area contributed by atoms with Crippen molar-refractivity contribution >= 4 is 17.3 Å². The molecule has 6 heteroatoms. The summed E-state index contributed by atoms with van der Waals surface area (Å²) in [5.41, 5.74) is 0.538. The van der Waals surface area contributed by atoms with Crippen LogP contribution in [0, 0.1) is 10.1 Å². The minimum atomic E-state index is -0.480. The molecular formula is C11H12N2O4. The first-order chi connectivity index (χ1) is 8.16. The van der Waals surface area contributed by atoms with Crippen molar-refractivity contribution < 1.29 is 14.5 Å². The number of carbonyl (C=O) groups excluding carboxylic acids is 1. The first-order valence-electron chi connectivity index (χ1n) is 5.34. The lowest BCUT2D eigenvalue weighted by Crippen LogP contribution is -2.26. The largest absolute Gasteiger partial charge is 0.368 e. The number of non-ortho nitro benzene ring substituents is 1. The van der Waals surface area contributed by atoms with Crippen molar-refractivity contribution in [3.05, 3.63) is 34.4 Å². The Morgan fingerprint density at radius 3 is 2.65 bits per heavy atom. The molecule has 1 atom stereocenters. The van der Waals surface area contributed by atoms with Gasteiger partial charge in [0, 0.05) is 24.4 Å². The average molecular weight is 236 g/mol. The fourth-order valence-corrected chi connectivity index (χ4v) is 1.67. The zero-order valence-corrected chi connectivity index (χ0v) is 9.09. The number of anilines is 1. The highest BCUT2D eigenvalue weighted by molar-refractivity contribution is 5.94. The number of ether oxygens (including phenoxy) is 1. The number of rotatable bonds is 3. The van der Waals surface area contributed by atoms with Crippen LogP contribution < -0.4 is 5.32 Å². The normalized spacial score (nSPS) is 18.9. The topological polar surface area (TPSA) is 81.5 Å². The van der Waals surface area contributed by atoms with Crippen LogP contribution in [0.25, 0.3) is 0 Å². The Morgan fingerprint density at radius 1 is 1.41 bits per heavy atom. The molecule has 1 aliphatic heterocycles. The number of hydrogen-bond donors (Lipinski definition) is 1. The first-order valence-corrected chi connectivity index (χ1v) is 5.34. The average Bonchev–Trinajstić information content (AvgIpc) is 2.83. The summed E-state index contributed by atoms with van der Waals surface area (Å²) in [6.45, 7) is 0.609. The van der Waals surface area contributed by atoms with Crippen molar-refractivity contribution in [2.75, 3.05) is 11.9 Å². The fourth-order valence-electron chi connectivity index (χ4n) is 1.67. The number of nitro groups is 1. The highest BCUT2D eigenvalue weighted by Crippen LogP contribution is 2.18. The molecule has 0 aromatic heterocycles. The highest BCUT2D eigenvalue weighted by atomic mass is 16.6. The van der Waals surface area contributed by atoms with Gasteiger partial charge in [0.2, 0.25) is 0 Å². The van der Waals surface area contributed by atoms with Crippen LogP contribution >= 0.6 is 0 Å². The maximum Gasteiger partial charge on any atom is 0.269 e. The summed E-state index contributed by atoms with van der Waals surface area (Å²) >= 11 is 0. The van der Waals surface area contributed by atoms with Crippen LogP contribution in [0.4, 0.5) is 11.4 Å². The van der Waals surface area contributed by atoms with Crippen LogP contribution in [0.15, 0.2) is 24.3 Å². The molecule has 2 rings (SSSR count). The van der Waals surface area contributed by atoms with E-state index in [0.29, 0.717) is 12.3 Å². The predicted molar refractivity (Wildman–Crippen MR) is 60.7 cm³/mol. The molecule has 90 valence electrons. The van der Waals surface area contributed by atoms with Crippen LogP contribution in [0.2, 0.25) is 0 Å². The molecule has 1 saturated heterocycles. The summed E-state index contributed by atoms with van der Waals surface area (Å²) in [6.07, 6.45) is 1.21. The zero-order valence-electron chi connectivity index (χ0n) is 9.09. The van der Waals surface area contributed by atoms with Crippen LogP contribution in [0.5, 0.6) is 0 Å². The third-order valence-corrected chi connectivity index (χ3v) is 2.57. The number of nitrogens with zero attached hydrogens (tertiary/aromatic N) is 1. The van der Waals surface area contributed by atoms with Gasteiger partial charge < -0.3 is 10.1 Å². The highest BCUT2D eigenvalue weighted by Gasteiger charge is 2.23. The van der Waals surface area contributed by atoms with Crippen LogP contribution in [0.3, 0.4) is 0 Å². The first kappa shape index (κ1) is 11.5. The monoisotopic (exact) mass is 236 g/mol. The van der Waals surface area contributed by atoms with Gasteiger partial charge in [0.05, 0.1) is 4.92 Å². The maximum absolute atomic E-state index is 11.7. The van der Waals surface area contributed by atoms with Crippen LogP contribution in [-0.4, -0.2) is 23.5 Å². The Hall–Kier alpha value is -1.95. The van der Waals surface area contributed by atoms with Gasteiger partial charge in [-0.05, 0) is 25.0 Å². The third kappa shape index (κ3) is 2.79. The van der Waals surface area contributed by atoms with Crippen LogP contribution in [-0.2, 0) is 9.53 Å². The molecule has 0 radical (unpaired) electrons. The second kappa shape index (κ2) is 4.92. The molecule has 1 aromatic rings. The Labute approximate surface area is 97.7 Å². The van der Waals surface area contributed by atoms with E-state index in [2.05, 4.69) is 5.32 Å². The summed E-state index contributed by atoms with van der Waals surface area (Å²) in [7, 11) is 0. The lowest BCUT2D eigenvalue weighted by atomic mass is 10.2. The van der Waals surface area contributed by atoms with E-state index in [4.69, 9.17) is 4.74 Å². The summed E-state index contributed by atoms with van der Waals surface area (Å²) in [4.78, 5) is 21.6. The van der Waals surface area contributed by atoms with E-state index in [1.165, 1.54) is 24.3 Å². The van der Waals surface area contributed by atoms with Crippen molar-refractivity contribution in [3.8, 4) is 0 Å². The van der Waals surface area contributed by atoms with E-state index >= 15 is 0 Å². The third-order valence-electron chi connectivity index (χ3n) is 2.57. The van der Waals surface area contributed by atoms with E-state index in [-0.39, 0.29) is 11.6 Å². The van der Waals surface area contributed by atoms with Gasteiger partial charge in [0.15, 0.2) is 0 Å². The Balaban J connectivity index is 1.98. The minimum absolute atomic E-state index is 0.000107. The predicted octanol–water partition coefficient (Wildman–Crippen LogP) is 1.71. The number of nitro benzene ring substituents is 1.